The molecule has 0 saturated heterocycles. The molecule has 0 saturated carbocycles. The fourth-order valence-corrected chi connectivity index (χ4v) is 1.40. The van der Waals surface area contributed by atoms with E-state index in [1.165, 1.54) is 13.0 Å². The van der Waals surface area contributed by atoms with Crippen LogP contribution in [0.15, 0.2) is 18.2 Å². The number of nitro benzene ring substituents is 1. The molecule has 0 aliphatic heterocycles. The van der Waals surface area contributed by atoms with Crippen molar-refractivity contribution in [3.63, 3.8) is 0 Å². The minimum absolute atomic E-state index is 0.0278. The summed E-state index contributed by atoms with van der Waals surface area (Å²) in [4.78, 5) is 31.3. The van der Waals surface area contributed by atoms with Crippen molar-refractivity contribution < 1.29 is 24.7 Å². The molecule has 0 aromatic heterocycles. The Balaban J connectivity index is 3.43. The Bertz CT molecular complexity index is 526. The van der Waals surface area contributed by atoms with Gasteiger partial charge < -0.3 is 10.2 Å². The topological polar surface area (TPSA) is 118 Å². The zero-order chi connectivity index (χ0) is 13.9. The largest absolute Gasteiger partial charge is 0.478 e. The van der Waals surface area contributed by atoms with Gasteiger partial charge in [-0.1, -0.05) is 0 Å². The lowest BCUT2D eigenvalue weighted by Crippen LogP contribution is -2.04. The fourth-order valence-electron chi connectivity index (χ4n) is 1.40. The van der Waals surface area contributed by atoms with Gasteiger partial charge in [0.25, 0.3) is 5.69 Å². The maximum atomic E-state index is 10.9. The summed E-state index contributed by atoms with van der Waals surface area (Å²) in [5.74, 6) is -2.53. The van der Waals surface area contributed by atoms with Crippen LogP contribution >= 0.6 is 0 Å². The molecule has 0 heterocycles. The number of nitrogens with zero attached hydrogens (tertiary/aromatic N) is 1. The van der Waals surface area contributed by atoms with Gasteiger partial charge in [0, 0.05) is 17.7 Å². The molecule has 0 spiro atoms. The first-order valence-electron chi connectivity index (χ1n) is 4.76. The van der Waals surface area contributed by atoms with Crippen LogP contribution in [0.5, 0.6) is 0 Å². The van der Waals surface area contributed by atoms with Crippen molar-refractivity contribution in [3.8, 4) is 0 Å². The summed E-state index contributed by atoms with van der Waals surface area (Å²) >= 11 is 0. The molecule has 7 nitrogen and oxygen atoms in total. The summed E-state index contributed by atoms with van der Waals surface area (Å²) < 4.78 is 0. The maximum Gasteiger partial charge on any atom is 0.336 e. The summed E-state index contributed by atoms with van der Waals surface area (Å²) in [6.07, 6.45) is 1.88. The minimum Gasteiger partial charge on any atom is -0.478 e. The molecule has 1 rings (SSSR count). The van der Waals surface area contributed by atoms with E-state index in [4.69, 9.17) is 10.2 Å². The molecule has 0 bridgehead atoms. The monoisotopic (exact) mass is 251 g/mol. The van der Waals surface area contributed by atoms with Crippen LogP contribution in [-0.4, -0.2) is 27.1 Å². The third-order valence-corrected chi connectivity index (χ3v) is 2.25. The normalized spacial score (nSPS) is 10.5. The average molecular weight is 251 g/mol. The summed E-state index contributed by atoms with van der Waals surface area (Å²) in [5, 5.41) is 28.1. The maximum absolute atomic E-state index is 10.9. The second kappa shape index (κ2) is 5.09. The molecule has 0 unspecified atom stereocenters. The molecule has 0 fully saturated rings. The Hall–Kier alpha value is -2.70. The lowest BCUT2D eigenvalue weighted by molar-refractivity contribution is -0.385. The lowest BCUT2D eigenvalue weighted by atomic mass is 10.0. The van der Waals surface area contributed by atoms with Crippen molar-refractivity contribution in [1.29, 1.82) is 0 Å². The standard InChI is InChI=1S/C11H9NO6/c1-6-8(11(15)16)4-7(2-3-10(13)14)5-9(6)12(17)18/h2-5H,1H3,(H,13,14)(H,15,16). The third-order valence-electron chi connectivity index (χ3n) is 2.25. The Kier molecular flexibility index (Phi) is 3.78. The van der Waals surface area contributed by atoms with E-state index in [2.05, 4.69) is 0 Å². The quantitative estimate of drug-likeness (QED) is 0.477. The highest BCUT2D eigenvalue weighted by Crippen LogP contribution is 2.24. The fraction of sp³-hybridized carbons (Fsp3) is 0.0909. The first kappa shape index (κ1) is 13.4. The van der Waals surface area contributed by atoms with E-state index in [-0.39, 0.29) is 22.4 Å². The van der Waals surface area contributed by atoms with Crippen LogP contribution in [0.1, 0.15) is 21.5 Å². The third kappa shape index (κ3) is 2.91. The Morgan fingerprint density at radius 1 is 1.33 bits per heavy atom. The van der Waals surface area contributed by atoms with E-state index < -0.39 is 16.9 Å². The molecular weight excluding hydrogens is 242 g/mol. The number of carboxylic acid groups (broad SMARTS) is 2. The predicted molar refractivity (Wildman–Crippen MR) is 61.5 cm³/mol. The minimum atomic E-state index is -1.30. The molecule has 0 radical (unpaired) electrons. The van der Waals surface area contributed by atoms with Gasteiger partial charge in [-0.05, 0) is 24.6 Å². The average Bonchev–Trinajstić information content (AvgIpc) is 2.26. The SMILES string of the molecule is Cc1c(C(=O)O)cc(C=CC(=O)O)cc1[N+](=O)[O-]. The smallest absolute Gasteiger partial charge is 0.336 e. The van der Waals surface area contributed by atoms with Crippen LogP contribution in [0.2, 0.25) is 0 Å². The molecule has 0 atom stereocenters. The summed E-state index contributed by atoms with van der Waals surface area (Å²) in [7, 11) is 0. The summed E-state index contributed by atoms with van der Waals surface area (Å²) in [5.41, 5.74) is -0.416. The van der Waals surface area contributed by atoms with Gasteiger partial charge in [-0.25, -0.2) is 9.59 Å². The predicted octanol–water partition coefficient (Wildman–Crippen LogP) is 1.70. The number of aromatic carboxylic acids is 1. The van der Waals surface area contributed by atoms with Gasteiger partial charge in [-0.15, -0.1) is 0 Å². The van der Waals surface area contributed by atoms with Crippen molar-refractivity contribution in [2.24, 2.45) is 0 Å². The lowest BCUT2D eigenvalue weighted by Gasteiger charge is -2.04. The molecule has 7 heteroatoms. The highest BCUT2D eigenvalue weighted by Gasteiger charge is 2.19. The zero-order valence-corrected chi connectivity index (χ0v) is 9.28. The molecule has 1 aromatic carbocycles. The molecule has 94 valence electrons. The number of rotatable bonds is 4. The van der Waals surface area contributed by atoms with Crippen molar-refractivity contribution >= 4 is 23.7 Å². The molecular formula is C11H9NO6. The van der Waals surface area contributed by atoms with Crippen molar-refractivity contribution in [3.05, 3.63) is 45.0 Å². The molecule has 2 N–H and O–H groups in total. The molecule has 1 aromatic rings. The molecule has 0 aliphatic rings. The van der Waals surface area contributed by atoms with Gasteiger partial charge in [0.2, 0.25) is 0 Å². The van der Waals surface area contributed by atoms with Crippen LogP contribution < -0.4 is 0 Å². The van der Waals surface area contributed by atoms with E-state index >= 15 is 0 Å². The number of hydrogen-bond acceptors (Lipinski definition) is 4. The van der Waals surface area contributed by atoms with Crippen molar-refractivity contribution in [2.45, 2.75) is 6.92 Å². The van der Waals surface area contributed by atoms with E-state index in [0.717, 1.165) is 18.2 Å². The Labute approximate surface area is 101 Å². The van der Waals surface area contributed by atoms with Crippen molar-refractivity contribution in [1.82, 2.24) is 0 Å². The van der Waals surface area contributed by atoms with E-state index in [1.54, 1.807) is 0 Å². The summed E-state index contributed by atoms with van der Waals surface area (Å²) in [6.45, 7) is 1.33. The van der Waals surface area contributed by atoms with Crippen LogP contribution in [0.25, 0.3) is 6.08 Å². The van der Waals surface area contributed by atoms with Gasteiger partial charge >= 0.3 is 11.9 Å². The molecule has 0 aliphatic carbocycles. The van der Waals surface area contributed by atoms with Gasteiger partial charge in [0.05, 0.1) is 10.5 Å². The van der Waals surface area contributed by atoms with Crippen LogP contribution in [0.4, 0.5) is 5.69 Å². The van der Waals surface area contributed by atoms with Crippen molar-refractivity contribution in [2.75, 3.05) is 0 Å². The van der Waals surface area contributed by atoms with Gasteiger partial charge in [0.15, 0.2) is 0 Å². The highest BCUT2D eigenvalue weighted by molar-refractivity contribution is 5.92. The first-order valence-corrected chi connectivity index (χ1v) is 4.76. The second-order valence-corrected chi connectivity index (χ2v) is 3.45. The van der Waals surface area contributed by atoms with Gasteiger partial charge in [-0.2, -0.15) is 0 Å². The highest BCUT2D eigenvalue weighted by atomic mass is 16.6. The number of aliphatic carboxylic acids is 1. The van der Waals surface area contributed by atoms with E-state index in [0.29, 0.717) is 0 Å². The Morgan fingerprint density at radius 3 is 2.39 bits per heavy atom. The number of nitro groups is 1. The summed E-state index contributed by atoms with van der Waals surface area (Å²) in [6, 6.07) is 2.31. The number of benzene rings is 1. The Morgan fingerprint density at radius 2 is 1.94 bits per heavy atom. The molecule has 18 heavy (non-hydrogen) atoms. The zero-order valence-electron chi connectivity index (χ0n) is 9.28. The van der Waals surface area contributed by atoms with E-state index in [9.17, 15) is 19.7 Å². The van der Waals surface area contributed by atoms with Gasteiger partial charge in [-0.3, -0.25) is 10.1 Å². The van der Waals surface area contributed by atoms with Crippen LogP contribution in [0, 0.1) is 17.0 Å². The number of hydrogen-bond donors (Lipinski definition) is 2. The van der Waals surface area contributed by atoms with Crippen LogP contribution in [0.3, 0.4) is 0 Å². The van der Waals surface area contributed by atoms with E-state index in [1.807, 2.05) is 0 Å². The number of carboxylic acids is 2. The first-order chi connectivity index (χ1) is 8.32. The van der Waals surface area contributed by atoms with Crippen LogP contribution in [-0.2, 0) is 4.79 Å². The van der Waals surface area contributed by atoms with Gasteiger partial charge in [0.1, 0.15) is 0 Å². The molecule has 0 amide bonds. The second-order valence-electron chi connectivity index (χ2n) is 3.45. The number of carbonyl (C=O) groups is 2.